The third kappa shape index (κ3) is 3.12. The van der Waals surface area contributed by atoms with Gasteiger partial charge in [-0.3, -0.25) is 0 Å². The van der Waals surface area contributed by atoms with E-state index in [0.29, 0.717) is 16.8 Å². The van der Waals surface area contributed by atoms with E-state index in [1.165, 1.54) is 19.3 Å². The summed E-state index contributed by atoms with van der Waals surface area (Å²) in [6.07, 6.45) is 4.32. The molecule has 11 heavy (non-hydrogen) atoms. The molecule has 2 unspecified atom stereocenters. The van der Waals surface area contributed by atoms with E-state index >= 15 is 0 Å². The first-order chi connectivity index (χ1) is 5.20. The van der Waals surface area contributed by atoms with Gasteiger partial charge in [0.15, 0.2) is 0 Å². The van der Waals surface area contributed by atoms with Crippen molar-refractivity contribution >= 4 is 15.9 Å². The lowest BCUT2D eigenvalue weighted by Gasteiger charge is -2.16. The van der Waals surface area contributed by atoms with Crippen LogP contribution < -0.4 is 0 Å². The molecule has 1 rings (SSSR count). The molecular weight excluding hydrogens is 204 g/mol. The molecule has 1 aliphatic rings. The summed E-state index contributed by atoms with van der Waals surface area (Å²) in [5.74, 6) is 0.662. The number of alkyl halides is 1. The minimum absolute atomic E-state index is 0.484. The molecule has 1 fully saturated rings. The predicted octanol–water partition coefficient (Wildman–Crippen LogP) is 2.98. The highest BCUT2D eigenvalue weighted by Gasteiger charge is 2.25. The second kappa shape index (κ2) is 4.46. The Kier molecular flexibility index (Phi) is 3.86. The van der Waals surface area contributed by atoms with Crippen molar-refractivity contribution in [3.05, 3.63) is 0 Å². The molecule has 2 atom stereocenters. The standard InChI is InChI=1S/C9H17BrO/c1-7(2)6-11-9-5-3-4-8(9)10/h7-9H,3-6H2,1-2H3. The van der Waals surface area contributed by atoms with Crippen LogP contribution in [-0.4, -0.2) is 17.5 Å². The Morgan fingerprint density at radius 2 is 2.18 bits per heavy atom. The van der Waals surface area contributed by atoms with Gasteiger partial charge in [-0.1, -0.05) is 29.8 Å². The third-order valence-corrected chi connectivity index (χ3v) is 3.06. The molecule has 0 radical (unpaired) electrons. The number of halogens is 1. The molecule has 1 saturated carbocycles. The van der Waals surface area contributed by atoms with Crippen molar-refractivity contribution < 1.29 is 4.74 Å². The molecule has 2 heteroatoms. The normalized spacial score (nSPS) is 31.6. The Labute approximate surface area is 77.6 Å². The average molecular weight is 221 g/mol. The lowest BCUT2D eigenvalue weighted by atomic mass is 10.2. The van der Waals surface area contributed by atoms with Crippen LogP contribution in [-0.2, 0) is 4.74 Å². The van der Waals surface area contributed by atoms with E-state index in [9.17, 15) is 0 Å². The SMILES string of the molecule is CC(C)COC1CCCC1Br. The van der Waals surface area contributed by atoms with Crippen molar-refractivity contribution in [1.82, 2.24) is 0 Å². The van der Waals surface area contributed by atoms with Gasteiger partial charge in [-0.05, 0) is 25.2 Å². The summed E-state index contributed by atoms with van der Waals surface area (Å²) in [5, 5.41) is 0. The van der Waals surface area contributed by atoms with Crippen molar-refractivity contribution in [2.45, 2.75) is 44.0 Å². The first-order valence-corrected chi connectivity index (χ1v) is 5.37. The summed E-state index contributed by atoms with van der Waals surface area (Å²) in [6.45, 7) is 5.29. The quantitative estimate of drug-likeness (QED) is 0.665. The van der Waals surface area contributed by atoms with Gasteiger partial charge in [0, 0.05) is 11.4 Å². The topological polar surface area (TPSA) is 9.23 Å². The Bertz CT molecular complexity index is 114. The lowest BCUT2D eigenvalue weighted by Crippen LogP contribution is -2.20. The summed E-state index contributed by atoms with van der Waals surface area (Å²) in [5.41, 5.74) is 0. The molecule has 0 aromatic carbocycles. The lowest BCUT2D eigenvalue weighted by molar-refractivity contribution is 0.0447. The molecule has 0 spiro atoms. The van der Waals surface area contributed by atoms with Crippen LogP contribution in [0.5, 0.6) is 0 Å². The summed E-state index contributed by atoms with van der Waals surface area (Å²) in [6, 6.07) is 0. The molecule has 0 bridgehead atoms. The van der Waals surface area contributed by atoms with Gasteiger partial charge in [0.25, 0.3) is 0 Å². The van der Waals surface area contributed by atoms with E-state index in [1.807, 2.05) is 0 Å². The molecule has 0 aromatic heterocycles. The fraction of sp³-hybridized carbons (Fsp3) is 1.00. The number of hydrogen-bond acceptors (Lipinski definition) is 1. The van der Waals surface area contributed by atoms with E-state index in [0.717, 1.165) is 6.61 Å². The molecule has 66 valence electrons. The molecule has 0 N–H and O–H groups in total. The van der Waals surface area contributed by atoms with Gasteiger partial charge in [0.05, 0.1) is 6.10 Å². The maximum Gasteiger partial charge on any atom is 0.0700 e. The van der Waals surface area contributed by atoms with E-state index in [2.05, 4.69) is 29.8 Å². The molecule has 0 amide bonds. The van der Waals surface area contributed by atoms with Crippen molar-refractivity contribution in [3.63, 3.8) is 0 Å². The highest BCUT2D eigenvalue weighted by atomic mass is 79.9. The van der Waals surface area contributed by atoms with Crippen LogP contribution in [0.1, 0.15) is 33.1 Å². The third-order valence-electron chi connectivity index (χ3n) is 2.02. The van der Waals surface area contributed by atoms with Gasteiger partial charge in [0.1, 0.15) is 0 Å². The van der Waals surface area contributed by atoms with Crippen molar-refractivity contribution in [3.8, 4) is 0 Å². The molecule has 0 aliphatic heterocycles. The van der Waals surface area contributed by atoms with Crippen molar-refractivity contribution in [2.75, 3.05) is 6.61 Å². The van der Waals surface area contributed by atoms with Gasteiger partial charge < -0.3 is 4.74 Å². The predicted molar refractivity (Wildman–Crippen MR) is 51.1 cm³/mol. The fourth-order valence-electron chi connectivity index (χ4n) is 1.38. The number of rotatable bonds is 3. The zero-order valence-electron chi connectivity index (χ0n) is 7.35. The van der Waals surface area contributed by atoms with Gasteiger partial charge in [-0.2, -0.15) is 0 Å². The van der Waals surface area contributed by atoms with Gasteiger partial charge in [-0.15, -0.1) is 0 Å². The molecular formula is C9H17BrO. The largest absolute Gasteiger partial charge is 0.377 e. The average Bonchev–Trinajstić information content (AvgIpc) is 2.31. The molecule has 1 nitrogen and oxygen atoms in total. The number of hydrogen-bond donors (Lipinski definition) is 0. The molecule has 1 aliphatic carbocycles. The summed E-state index contributed by atoms with van der Waals surface area (Å²) in [4.78, 5) is 0.612. The fourth-order valence-corrected chi connectivity index (χ4v) is 2.13. The molecule has 0 saturated heterocycles. The van der Waals surface area contributed by atoms with Gasteiger partial charge in [0.2, 0.25) is 0 Å². The first-order valence-electron chi connectivity index (χ1n) is 4.46. The van der Waals surface area contributed by atoms with Crippen LogP contribution in [0.4, 0.5) is 0 Å². The van der Waals surface area contributed by atoms with Crippen LogP contribution >= 0.6 is 15.9 Å². The maximum absolute atomic E-state index is 5.73. The first kappa shape index (κ1) is 9.53. The Morgan fingerprint density at radius 3 is 2.64 bits per heavy atom. The highest BCUT2D eigenvalue weighted by Crippen LogP contribution is 2.28. The zero-order valence-corrected chi connectivity index (χ0v) is 8.93. The minimum Gasteiger partial charge on any atom is -0.377 e. The summed E-state index contributed by atoms with van der Waals surface area (Å²) < 4.78 is 5.73. The van der Waals surface area contributed by atoms with Crippen LogP contribution in [0.3, 0.4) is 0 Å². The van der Waals surface area contributed by atoms with Crippen molar-refractivity contribution in [1.29, 1.82) is 0 Å². The van der Waals surface area contributed by atoms with Crippen molar-refractivity contribution in [2.24, 2.45) is 5.92 Å². The highest BCUT2D eigenvalue weighted by molar-refractivity contribution is 9.09. The van der Waals surface area contributed by atoms with Gasteiger partial charge in [-0.25, -0.2) is 0 Å². The van der Waals surface area contributed by atoms with Crippen LogP contribution in [0.2, 0.25) is 0 Å². The second-order valence-electron chi connectivity index (χ2n) is 3.71. The van der Waals surface area contributed by atoms with E-state index in [1.54, 1.807) is 0 Å². The smallest absolute Gasteiger partial charge is 0.0700 e. The number of ether oxygens (including phenoxy) is 1. The van der Waals surface area contributed by atoms with Crippen LogP contribution in [0, 0.1) is 5.92 Å². The second-order valence-corrected chi connectivity index (χ2v) is 4.89. The van der Waals surface area contributed by atoms with E-state index in [4.69, 9.17) is 4.74 Å². The van der Waals surface area contributed by atoms with Crippen LogP contribution in [0.15, 0.2) is 0 Å². The van der Waals surface area contributed by atoms with E-state index in [-0.39, 0.29) is 0 Å². The Morgan fingerprint density at radius 1 is 1.45 bits per heavy atom. The maximum atomic E-state index is 5.73. The Balaban J connectivity index is 2.15. The van der Waals surface area contributed by atoms with Gasteiger partial charge >= 0.3 is 0 Å². The monoisotopic (exact) mass is 220 g/mol. The van der Waals surface area contributed by atoms with E-state index < -0.39 is 0 Å². The van der Waals surface area contributed by atoms with Crippen LogP contribution in [0.25, 0.3) is 0 Å². The molecule has 0 aromatic rings. The minimum atomic E-state index is 0.484. The zero-order chi connectivity index (χ0) is 8.27. The summed E-state index contributed by atoms with van der Waals surface area (Å²) in [7, 11) is 0. The summed E-state index contributed by atoms with van der Waals surface area (Å²) >= 11 is 3.63. The molecule has 0 heterocycles. The Hall–Kier alpha value is 0.440.